The standard InChI is InChI=1S/C22H24ClN3O4S2/c1-14-6-11-18(23)20-19(14)25(2)22(31-20)24-21(27)15-5-4-12-26(13-15)32(28,29)17-9-7-16(30-3)8-10-17/h6-11,15H,4-5,12-13H2,1-3H3. The molecule has 2 heterocycles. The highest BCUT2D eigenvalue weighted by atomic mass is 35.5. The molecule has 0 spiro atoms. The Labute approximate surface area is 196 Å². The molecule has 170 valence electrons. The van der Waals surface area contributed by atoms with E-state index < -0.39 is 15.9 Å². The van der Waals surface area contributed by atoms with Gasteiger partial charge in [0, 0.05) is 20.1 Å². The van der Waals surface area contributed by atoms with E-state index in [1.54, 1.807) is 12.1 Å². The minimum absolute atomic E-state index is 0.116. The van der Waals surface area contributed by atoms with Crippen molar-refractivity contribution in [2.75, 3.05) is 20.2 Å². The summed E-state index contributed by atoms with van der Waals surface area (Å²) < 4.78 is 35.4. The molecular weight excluding hydrogens is 470 g/mol. The summed E-state index contributed by atoms with van der Waals surface area (Å²) >= 11 is 7.70. The van der Waals surface area contributed by atoms with Crippen LogP contribution in [0.25, 0.3) is 10.2 Å². The van der Waals surface area contributed by atoms with E-state index in [-0.39, 0.29) is 17.3 Å². The Morgan fingerprint density at radius 1 is 1.22 bits per heavy atom. The van der Waals surface area contributed by atoms with E-state index in [2.05, 4.69) is 4.99 Å². The number of fused-ring (bicyclic) bond motifs is 1. The first-order chi connectivity index (χ1) is 15.2. The van der Waals surface area contributed by atoms with E-state index in [4.69, 9.17) is 16.3 Å². The van der Waals surface area contributed by atoms with Crippen LogP contribution in [0.15, 0.2) is 46.3 Å². The maximum absolute atomic E-state index is 13.1. The molecule has 1 saturated heterocycles. The molecule has 1 aromatic heterocycles. The largest absolute Gasteiger partial charge is 0.497 e. The maximum atomic E-state index is 13.1. The first-order valence-electron chi connectivity index (χ1n) is 10.2. The van der Waals surface area contributed by atoms with Crippen LogP contribution in [-0.2, 0) is 21.9 Å². The Balaban J connectivity index is 1.60. The van der Waals surface area contributed by atoms with Gasteiger partial charge in [-0.3, -0.25) is 4.79 Å². The van der Waals surface area contributed by atoms with Crippen LogP contribution in [0.5, 0.6) is 5.75 Å². The van der Waals surface area contributed by atoms with Gasteiger partial charge in [-0.15, -0.1) is 0 Å². The van der Waals surface area contributed by atoms with E-state index in [9.17, 15) is 13.2 Å². The lowest BCUT2D eigenvalue weighted by Gasteiger charge is -2.30. The van der Waals surface area contributed by atoms with Gasteiger partial charge in [-0.25, -0.2) is 8.42 Å². The highest BCUT2D eigenvalue weighted by molar-refractivity contribution is 7.89. The minimum Gasteiger partial charge on any atom is -0.497 e. The number of methoxy groups -OCH3 is 1. The smallest absolute Gasteiger partial charge is 0.252 e. The number of aromatic nitrogens is 1. The highest BCUT2D eigenvalue weighted by Crippen LogP contribution is 2.29. The summed E-state index contributed by atoms with van der Waals surface area (Å²) in [6.45, 7) is 2.48. The van der Waals surface area contributed by atoms with Gasteiger partial charge in [-0.05, 0) is 55.7 Å². The number of thiazole rings is 1. The third kappa shape index (κ3) is 4.22. The van der Waals surface area contributed by atoms with Gasteiger partial charge in [0.15, 0.2) is 4.80 Å². The average molecular weight is 494 g/mol. The Morgan fingerprint density at radius 2 is 1.94 bits per heavy atom. The highest BCUT2D eigenvalue weighted by Gasteiger charge is 2.33. The van der Waals surface area contributed by atoms with Crippen molar-refractivity contribution in [3.8, 4) is 5.75 Å². The lowest BCUT2D eigenvalue weighted by Crippen LogP contribution is -2.42. The molecule has 1 aliphatic rings. The van der Waals surface area contributed by atoms with Crippen LogP contribution in [0.1, 0.15) is 18.4 Å². The molecule has 0 saturated carbocycles. The van der Waals surface area contributed by atoms with Crippen molar-refractivity contribution in [3.05, 3.63) is 51.8 Å². The molecule has 0 aliphatic carbocycles. The van der Waals surface area contributed by atoms with Gasteiger partial charge in [-0.2, -0.15) is 9.30 Å². The van der Waals surface area contributed by atoms with Crippen LogP contribution >= 0.6 is 22.9 Å². The van der Waals surface area contributed by atoms with Crippen LogP contribution in [-0.4, -0.2) is 43.4 Å². The molecule has 0 bridgehead atoms. The number of benzene rings is 2. The van der Waals surface area contributed by atoms with Crippen LogP contribution < -0.4 is 9.54 Å². The van der Waals surface area contributed by atoms with Gasteiger partial charge in [0.05, 0.1) is 33.2 Å². The average Bonchev–Trinajstić information content (AvgIpc) is 3.13. The van der Waals surface area contributed by atoms with E-state index in [1.807, 2.05) is 30.7 Å². The third-order valence-electron chi connectivity index (χ3n) is 5.74. The molecule has 32 heavy (non-hydrogen) atoms. The maximum Gasteiger partial charge on any atom is 0.252 e. The third-order valence-corrected chi connectivity index (χ3v) is 9.21. The zero-order valence-corrected chi connectivity index (χ0v) is 20.4. The van der Waals surface area contributed by atoms with Gasteiger partial charge in [0.25, 0.3) is 5.91 Å². The van der Waals surface area contributed by atoms with Crippen molar-refractivity contribution in [2.45, 2.75) is 24.7 Å². The topological polar surface area (TPSA) is 81.0 Å². The molecule has 1 amide bonds. The second-order valence-electron chi connectivity index (χ2n) is 7.81. The van der Waals surface area contributed by atoms with Crippen LogP contribution in [0.3, 0.4) is 0 Å². The van der Waals surface area contributed by atoms with Gasteiger partial charge in [0.1, 0.15) is 5.75 Å². The van der Waals surface area contributed by atoms with Crippen LogP contribution in [0.2, 0.25) is 5.02 Å². The van der Waals surface area contributed by atoms with Gasteiger partial charge in [0.2, 0.25) is 10.0 Å². The molecule has 0 radical (unpaired) electrons. The fourth-order valence-electron chi connectivity index (χ4n) is 3.96. The first-order valence-corrected chi connectivity index (χ1v) is 12.8. The van der Waals surface area contributed by atoms with Crippen molar-refractivity contribution in [3.63, 3.8) is 0 Å². The van der Waals surface area contributed by atoms with Gasteiger partial charge in [-0.1, -0.05) is 29.0 Å². The monoisotopic (exact) mass is 493 g/mol. The number of ether oxygens (including phenoxy) is 1. The second kappa shape index (κ2) is 8.97. The van der Waals surface area contributed by atoms with Crippen molar-refractivity contribution in [2.24, 2.45) is 18.0 Å². The van der Waals surface area contributed by atoms with E-state index >= 15 is 0 Å². The number of aryl methyl sites for hydroxylation is 2. The number of amides is 1. The normalized spacial score (nSPS) is 18.2. The summed E-state index contributed by atoms with van der Waals surface area (Å²) in [6.07, 6.45) is 1.20. The van der Waals surface area contributed by atoms with E-state index in [1.165, 1.54) is 34.9 Å². The summed E-state index contributed by atoms with van der Waals surface area (Å²) in [5.74, 6) is -0.213. The second-order valence-corrected chi connectivity index (χ2v) is 11.1. The number of rotatable bonds is 4. The number of carbonyl (C=O) groups excluding carboxylic acids is 1. The minimum atomic E-state index is -3.70. The summed E-state index contributed by atoms with van der Waals surface area (Å²) in [4.78, 5) is 18.1. The number of halogens is 1. The first kappa shape index (κ1) is 23.0. The summed E-state index contributed by atoms with van der Waals surface area (Å²) in [5, 5.41) is 0.620. The molecule has 1 atom stereocenters. The molecule has 1 aliphatic heterocycles. The molecule has 0 N–H and O–H groups in total. The molecule has 10 heteroatoms. The van der Waals surface area contributed by atoms with Gasteiger partial charge < -0.3 is 9.30 Å². The molecule has 3 aromatic rings. The van der Waals surface area contributed by atoms with Crippen molar-refractivity contribution in [1.29, 1.82) is 0 Å². The predicted octanol–water partition coefficient (Wildman–Crippen LogP) is 3.74. The molecule has 4 rings (SSSR count). The van der Waals surface area contributed by atoms with Crippen molar-refractivity contribution < 1.29 is 17.9 Å². The Bertz CT molecular complexity index is 1340. The van der Waals surface area contributed by atoms with Gasteiger partial charge >= 0.3 is 0 Å². The number of hydrogen-bond acceptors (Lipinski definition) is 5. The van der Waals surface area contributed by atoms with E-state index in [0.717, 1.165) is 15.8 Å². The van der Waals surface area contributed by atoms with Crippen LogP contribution in [0, 0.1) is 12.8 Å². The number of sulfonamides is 1. The van der Waals surface area contributed by atoms with E-state index in [0.29, 0.717) is 35.0 Å². The zero-order chi connectivity index (χ0) is 23.0. The Hall–Kier alpha value is -2.20. The summed E-state index contributed by atoms with van der Waals surface area (Å²) in [5.41, 5.74) is 1.99. The Morgan fingerprint density at radius 3 is 2.59 bits per heavy atom. The molecule has 1 fully saturated rings. The fraction of sp³-hybridized carbons (Fsp3) is 0.364. The van der Waals surface area contributed by atoms with Crippen molar-refractivity contribution in [1.82, 2.24) is 8.87 Å². The molecular formula is C22H24ClN3O4S2. The van der Waals surface area contributed by atoms with Crippen LogP contribution in [0.4, 0.5) is 0 Å². The summed E-state index contributed by atoms with van der Waals surface area (Å²) in [6, 6.07) is 10.0. The summed E-state index contributed by atoms with van der Waals surface area (Å²) in [7, 11) is -0.318. The molecule has 1 unspecified atom stereocenters. The SMILES string of the molecule is COc1ccc(S(=O)(=O)N2CCCC(C(=O)N=c3sc4c(Cl)ccc(C)c4n3C)C2)cc1. The number of nitrogens with zero attached hydrogens (tertiary/aromatic N) is 3. The fourth-order valence-corrected chi connectivity index (χ4v) is 6.86. The lowest BCUT2D eigenvalue weighted by molar-refractivity contribution is -0.122. The zero-order valence-electron chi connectivity index (χ0n) is 18.0. The predicted molar refractivity (Wildman–Crippen MR) is 126 cm³/mol. The number of hydrogen-bond donors (Lipinski definition) is 0. The number of carbonyl (C=O) groups is 1. The quantitative estimate of drug-likeness (QED) is 0.554. The molecule has 7 nitrogen and oxygen atoms in total. The van der Waals surface area contributed by atoms with Crippen molar-refractivity contribution >= 4 is 49.1 Å². The lowest BCUT2D eigenvalue weighted by atomic mass is 9.99. The Kier molecular flexibility index (Phi) is 6.44. The molecule has 2 aromatic carbocycles. The number of piperidine rings is 1.